The standard InChI is InChI=1S/C13H10ClNO4/c14-12-4-3-10(19-12)13(16)15-8-1-2-9-11(7-8)18-6-5-17-9/h1-4,7H,5-6H2,(H,15,16). The summed E-state index contributed by atoms with van der Waals surface area (Å²) in [6.07, 6.45) is 0. The van der Waals surface area contributed by atoms with Gasteiger partial charge in [0.15, 0.2) is 22.5 Å². The Morgan fingerprint density at radius 3 is 2.63 bits per heavy atom. The molecular formula is C13H10ClNO4. The summed E-state index contributed by atoms with van der Waals surface area (Å²) in [6, 6.07) is 8.21. The number of anilines is 1. The van der Waals surface area contributed by atoms with Gasteiger partial charge in [-0.05, 0) is 35.9 Å². The molecule has 2 heterocycles. The van der Waals surface area contributed by atoms with Gasteiger partial charge in [-0.25, -0.2) is 0 Å². The van der Waals surface area contributed by atoms with Crippen LogP contribution >= 0.6 is 11.6 Å². The molecule has 0 saturated carbocycles. The van der Waals surface area contributed by atoms with Gasteiger partial charge in [0.05, 0.1) is 0 Å². The fraction of sp³-hybridized carbons (Fsp3) is 0.154. The van der Waals surface area contributed by atoms with Gasteiger partial charge in [0.2, 0.25) is 0 Å². The Balaban J connectivity index is 1.78. The molecule has 19 heavy (non-hydrogen) atoms. The quantitative estimate of drug-likeness (QED) is 0.918. The van der Waals surface area contributed by atoms with Crippen LogP contribution in [0.15, 0.2) is 34.7 Å². The lowest BCUT2D eigenvalue weighted by Gasteiger charge is -2.18. The zero-order valence-corrected chi connectivity index (χ0v) is 10.6. The van der Waals surface area contributed by atoms with Gasteiger partial charge in [0.1, 0.15) is 13.2 Å². The Hall–Kier alpha value is -2.14. The van der Waals surface area contributed by atoms with Crippen LogP contribution in [-0.2, 0) is 0 Å². The van der Waals surface area contributed by atoms with Crippen LogP contribution in [0.1, 0.15) is 10.6 Å². The van der Waals surface area contributed by atoms with E-state index in [-0.39, 0.29) is 16.9 Å². The van der Waals surface area contributed by atoms with Crippen molar-refractivity contribution in [1.82, 2.24) is 0 Å². The highest BCUT2D eigenvalue weighted by molar-refractivity contribution is 6.29. The third kappa shape index (κ3) is 2.51. The molecule has 0 unspecified atom stereocenters. The number of furan rings is 1. The normalized spacial score (nSPS) is 13.1. The van der Waals surface area contributed by atoms with Crippen molar-refractivity contribution in [2.24, 2.45) is 0 Å². The van der Waals surface area contributed by atoms with Gasteiger partial charge in [0, 0.05) is 11.8 Å². The zero-order chi connectivity index (χ0) is 13.2. The molecule has 0 bridgehead atoms. The molecule has 0 radical (unpaired) electrons. The maximum absolute atomic E-state index is 11.9. The largest absolute Gasteiger partial charge is 0.486 e. The first-order valence-electron chi connectivity index (χ1n) is 5.69. The number of carbonyl (C=O) groups excluding carboxylic acids is 1. The van der Waals surface area contributed by atoms with Crippen molar-refractivity contribution in [3.63, 3.8) is 0 Å². The number of carbonyl (C=O) groups is 1. The monoisotopic (exact) mass is 279 g/mol. The molecule has 0 spiro atoms. The van der Waals surface area contributed by atoms with Crippen LogP contribution in [0.3, 0.4) is 0 Å². The van der Waals surface area contributed by atoms with Gasteiger partial charge in [-0.3, -0.25) is 4.79 Å². The Morgan fingerprint density at radius 2 is 1.89 bits per heavy atom. The van der Waals surface area contributed by atoms with E-state index in [0.717, 1.165) is 0 Å². The van der Waals surface area contributed by atoms with Gasteiger partial charge in [-0.15, -0.1) is 0 Å². The fourth-order valence-electron chi connectivity index (χ4n) is 1.75. The van der Waals surface area contributed by atoms with E-state index in [9.17, 15) is 4.79 Å². The minimum Gasteiger partial charge on any atom is -0.486 e. The minimum absolute atomic E-state index is 0.153. The first-order chi connectivity index (χ1) is 9.22. The summed E-state index contributed by atoms with van der Waals surface area (Å²) in [4.78, 5) is 11.9. The molecule has 1 amide bonds. The van der Waals surface area contributed by atoms with E-state index in [1.165, 1.54) is 12.1 Å². The smallest absolute Gasteiger partial charge is 0.291 e. The predicted octanol–water partition coefficient (Wildman–Crippen LogP) is 2.96. The topological polar surface area (TPSA) is 60.7 Å². The molecule has 6 heteroatoms. The molecule has 1 aromatic heterocycles. The third-order valence-corrected chi connectivity index (χ3v) is 2.80. The second kappa shape index (κ2) is 4.85. The highest BCUT2D eigenvalue weighted by atomic mass is 35.5. The number of hydrogen-bond acceptors (Lipinski definition) is 4. The number of rotatable bonds is 2. The lowest BCUT2D eigenvalue weighted by atomic mass is 10.2. The van der Waals surface area contributed by atoms with Gasteiger partial charge >= 0.3 is 0 Å². The van der Waals surface area contributed by atoms with Crippen molar-refractivity contribution in [2.75, 3.05) is 18.5 Å². The summed E-state index contributed by atoms with van der Waals surface area (Å²) in [5.41, 5.74) is 0.599. The van der Waals surface area contributed by atoms with Crippen molar-refractivity contribution < 1.29 is 18.7 Å². The molecule has 0 saturated heterocycles. The van der Waals surface area contributed by atoms with Crippen LogP contribution in [0.4, 0.5) is 5.69 Å². The summed E-state index contributed by atoms with van der Waals surface area (Å²) in [7, 11) is 0. The van der Waals surface area contributed by atoms with Gasteiger partial charge in [-0.2, -0.15) is 0 Å². The molecule has 5 nitrogen and oxygen atoms in total. The Labute approximate surface area is 114 Å². The Kier molecular flexibility index (Phi) is 3.05. The summed E-state index contributed by atoms with van der Waals surface area (Å²) in [5.74, 6) is 1.07. The lowest BCUT2D eigenvalue weighted by Crippen LogP contribution is -2.16. The van der Waals surface area contributed by atoms with E-state index < -0.39 is 0 Å². The first kappa shape index (κ1) is 11.9. The van der Waals surface area contributed by atoms with Crippen molar-refractivity contribution in [1.29, 1.82) is 0 Å². The van der Waals surface area contributed by atoms with Crippen molar-refractivity contribution in [3.05, 3.63) is 41.3 Å². The van der Waals surface area contributed by atoms with Gasteiger partial charge in [0.25, 0.3) is 5.91 Å². The molecule has 1 aliphatic heterocycles. The Morgan fingerprint density at radius 1 is 1.11 bits per heavy atom. The van der Waals surface area contributed by atoms with E-state index in [2.05, 4.69) is 5.32 Å². The van der Waals surface area contributed by atoms with E-state index >= 15 is 0 Å². The van der Waals surface area contributed by atoms with Crippen LogP contribution in [-0.4, -0.2) is 19.1 Å². The highest BCUT2D eigenvalue weighted by Gasteiger charge is 2.14. The van der Waals surface area contributed by atoms with Crippen LogP contribution < -0.4 is 14.8 Å². The van der Waals surface area contributed by atoms with Crippen LogP contribution in [0.25, 0.3) is 0 Å². The van der Waals surface area contributed by atoms with Crippen LogP contribution in [0.2, 0.25) is 5.22 Å². The molecule has 0 aliphatic carbocycles. The summed E-state index contributed by atoms with van der Waals surface area (Å²) in [5, 5.41) is 2.87. The maximum atomic E-state index is 11.9. The third-order valence-electron chi connectivity index (χ3n) is 2.60. The molecule has 1 aliphatic rings. The van der Waals surface area contributed by atoms with Crippen LogP contribution in [0.5, 0.6) is 11.5 Å². The molecular weight excluding hydrogens is 270 g/mol. The number of fused-ring (bicyclic) bond motifs is 1. The number of nitrogens with one attached hydrogen (secondary N) is 1. The molecule has 1 aromatic carbocycles. The van der Waals surface area contributed by atoms with E-state index in [0.29, 0.717) is 30.4 Å². The zero-order valence-electron chi connectivity index (χ0n) is 9.81. The van der Waals surface area contributed by atoms with Crippen molar-refractivity contribution in [3.8, 4) is 11.5 Å². The van der Waals surface area contributed by atoms with Crippen molar-refractivity contribution in [2.45, 2.75) is 0 Å². The fourth-order valence-corrected chi connectivity index (χ4v) is 1.90. The summed E-state index contributed by atoms with van der Waals surface area (Å²) in [6.45, 7) is 1.03. The van der Waals surface area contributed by atoms with Gasteiger partial charge in [-0.1, -0.05) is 0 Å². The lowest BCUT2D eigenvalue weighted by molar-refractivity contribution is 0.0996. The van der Waals surface area contributed by atoms with Crippen molar-refractivity contribution >= 4 is 23.2 Å². The highest BCUT2D eigenvalue weighted by Crippen LogP contribution is 2.32. The maximum Gasteiger partial charge on any atom is 0.291 e. The van der Waals surface area contributed by atoms with Crippen LogP contribution in [0, 0.1) is 0 Å². The number of benzene rings is 1. The molecule has 0 atom stereocenters. The minimum atomic E-state index is -0.372. The number of hydrogen-bond donors (Lipinski definition) is 1. The number of ether oxygens (including phenoxy) is 2. The second-order valence-corrected chi connectivity index (χ2v) is 4.29. The van der Waals surface area contributed by atoms with E-state index in [1.807, 2.05) is 0 Å². The summed E-state index contributed by atoms with van der Waals surface area (Å²) >= 11 is 5.62. The Bertz CT molecular complexity index is 623. The molecule has 3 rings (SSSR count). The summed E-state index contributed by atoms with van der Waals surface area (Å²) < 4.78 is 15.9. The number of amides is 1. The SMILES string of the molecule is O=C(Nc1ccc2c(c1)OCCO2)c1ccc(Cl)o1. The predicted molar refractivity (Wildman–Crippen MR) is 69.1 cm³/mol. The second-order valence-electron chi connectivity index (χ2n) is 3.92. The molecule has 0 fully saturated rings. The average molecular weight is 280 g/mol. The molecule has 2 aromatic rings. The van der Waals surface area contributed by atoms with E-state index in [1.54, 1.807) is 18.2 Å². The average Bonchev–Trinajstić information content (AvgIpc) is 2.85. The first-order valence-corrected chi connectivity index (χ1v) is 6.06. The van der Waals surface area contributed by atoms with E-state index in [4.69, 9.17) is 25.5 Å². The molecule has 1 N–H and O–H groups in total. The van der Waals surface area contributed by atoms with Gasteiger partial charge < -0.3 is 19.2 Å². The number of halogens is 1. The molecule has 98 valence electrons.